The van der Waals surface area contributed by atoms with Crippen LogP contribution in [0.1, 0.15) is 59.3 Å². The first-order valence-corrected chi connectivity index (χ1v) is 6.55. The average Bonchev–Trinajstić information content (AvgIpc) is 2.20. The normalized spacial score (nSPS) is 13.5. The van der Waals surface area contributed by atoms with Crippen LogP contribution in [0.15, 0.2) is 0 Å². The fourth-order valence-electron chi connectivity index (χ4n) is 1.53. The fourth-order valence-corrected chi connectivity index (χ4v) is 1.53. The first-order chi connectivity index (χ1) is 7.87. The van der Waals surface area contributed by atoms with E-state index >= 15 is 0 Å². The summed E-state index contributed by atoms with van der Waals surface area (Å²) in [7, 11) is 0. The highest BCUT2D eigenvalue weighted by atomic mass is 16.6. The van der Waals surface area contributed by atoms with Crippen LogP contribution in [0.4, 0.5) is 0 Å². The minimum absolute atomic E-state index is 0.292. The van der Waals surface area contributed by atoms with Crippen LogP contribution in [-0.4, -0.2) is 24.2 Å². The van der Waals surface area contributed by atoms with E-state index in [9.17, 15) is 4.79 Å². The minimum Gasteiger partial charge on any atom is -0.459 e. The van der Waals surface area contributed by atoms with E-state index in [1.807, 2.05) is 20.8 Å². The maximum Gasteiger partial charge on any atom is 0.323 e. The van der Waals surface area contributed by atoms with Gasteiger partial charge in [0.2, 0.25) is 0 Å². The molecule has 0 aliphatic rings. The van der Waals surface area contributed by atoms with Crippen LogP contribution >= 0.6 is 0 Å². The summed E-state index contributed by atoms with van der Waals surface area (Å²) < 4.78 is 5.21. The smallest absolute Gasteiger partial charge is 0.323 e. The molecule has 1 atom stereocenters. The molecule has 0 rings (SSSR count). The molecule has 0 heterocycles. The third kappa shape index (κ3) is 10.3. The Morgan fingerprint density at radius 3 is 2.18 bits per heavy atom. The zero-order chi connectivity index (χ0) is 13.3. The lowest BCUT2D eigenvalue weighted by Crippen LogP contribution is -2.37. The number of carbonyl (C=O) groups is 1. The number of hydrogen-bond donors (Lipinski definition) is 2. The standard InChI is InChI=1S/C13H28N2O2/c1-13(2,3)17-12(16)11(15)9-7-5-4-6-8-10-14/h11H,4-10,14-15H2,1-3H3. The summed E-state index contributed by atoms with van der Waals surface area (Å²) in [4.78, 5) is 11.6. The molecule has 17 heavy (non-hydrogen) atoms. The molecule has 1 unspecified atom stereocenters. The highest BCUT2D eigenvalue weighted by molar-refractivity contribution is 5.75. The van der Waals surface area contributed by atoms with Gasteiger partial charge in [-0.2, -0.15) is 0 Å². The number of esters is 1. The molecule has 102 valence electrons. The van der Waals surface area contributed by atoms with Gasteiger partial charge in [-0.15, -0.1) is 0 Å². The van der Waals surface area contributed by atoms with Crippen molar-refractivity contribution in [2.45, 2.75) is 70.9 Å². The van der Waals surface area contributed by atoms with Crippen molar-refractivity contribution in [2.24, 2.45) is 11.5 Å². The van der Waals surface area contributed by atoms with E-state index in [4.69, 9.17) is 16.2 Å². The van der Waals surface area contributed by atoms with Crippen LogP contribution in [0.3, 0.4) is 0 Å². The van der Waals surface area contributed by atoms with Crippen molar-refractivity contribution in [3.05, 3.63) is 0 Å². The van der Waals surface area contributed by atoms with Gasteiger partial charge in [-0.25, -0.2) is 0 Å². The molecule has 0 aliphatic carbocycles. The molecule has 0 amide bonds. The lowest BCUT2D eigenvalue weighted by atomic mass is 10.1. The van der Waals surface area contributed by atoms with Crippen LogP contribution in [-0.2, 0) is 9.53 Å². The Morgan fingerprint density at radius 2 is 1.65 bits per heavy atom. The second-order valence-electron chi connectivity index (χ2n) is 5.49. The Kier molecular flexibility index (Phi) is 8.17. The summed E-state index contributed by atoms with van der Waals surface area (Å²) in [5.41, 5.74) is 10.7. The minimum atomic E-state index is -0.483. The third-order valence-corrected chi connectivity index (χ3v) is 2.43. The van der Waals surface area contributed by atoms with Crippen molar-refractivity contribution in [3.63, 3.8) is 0 Å². The topological polar surface area (TPSA) is 78.3 Å². The van der Waals surface area contributed by atoms with Crippen LogP contribution in [0.5, 0.6) is 0 Å². The molecule has 4 N–H and O–H groups in total. The van der Waals surface area contributed by atoms with Crippen molar-refractivity contribution in [3.8, 4) is 0 Å². The average molecular weight is 244 g/mol. The number of rotatable bonds is 8. The summed E-state index contributed by atoms with van der Waals surface area (Å²) in [5, 5.41) is 0. The predicted octanol–water partition coefficient (Wildman–Crippen LogP) is 1.95. The summed E-state index contributed by atoms with van der Waals surface area (Å²) in [6.07, 6.45) is 6.20. The van der Waals surface area contributed by atoms with Gasteiger partial charge >= 0.3 is 5.97 Å². The van der Waals surface area contributed by atoms with E-state index in [1.165, 1.54) is 0 Å². The zero-order valence-corrected chi connectivity index (χ0v) is 11.5. The summed E-state index contributed by atoms with van der Waals surface area (Å²) in [6, 6.07) is -0.483. The van der Waals surface area contributed by atoms with E-state index in [2.05, 4.69) is 0 Å². The molecule has 0 radical (unpaired) electrons. The van der Waals surface area contributed by atoms with Gasteiger partial charge in [0, 0.05) is 0 Å². The van der Waals surface area contributed by atoms with Crippen molar-refractivity contribution < 1.29 is 9.53 Å². The van der Waals surface area contributed by atoms with E-state index in [0.717, 1.165) is 38.6 Å². The Labute approximate surface area is 105 Å². The van der Waals surface area contributed by atoms with Gasteiger partial charge in [0.25, 0.3) is 0 Å². The van der Waals surface area contributed by atoms with Gasteiger partial charge in [-0.1, -0.05) is 25.7 Å². The molecule has 0 aromatic rings. The monoisotopic (exact) mass is 244 g/mol. The quantitative estimate of drug-likeness (QED) is 0.505. The summed E-state index contributed by atoms with van der Waals surface area (Å²) in [5.74, 6) is -0.292. The maximum atomic E-state index is 11.6. The van der Waals surface area contributed by atoms with E-state index < -0.39 is 11.6 Å². The van der Waals surface area contributed by atoms with Gasteiger partial charge in [-0.05, 0) is 40.2 Å². The van der Waals surface area contributed by atoms with Crippen molar-refractivity contribution in [1.29, 1.82) is 0 Å². The molecule has 0 aromatic heterocycles. The largest absolute Gasteiger partial charge is 0.459 e. The molecule has 4 nitrogen and oxygen atoms in total. The second-order valence-corrected chi connectivity index (χ2v) is 5.49. The lowest BCUT2D eigenvalue weighted by molar-refractivity contribution is -0.156. The van der Waals surface area contributed by atoms with Gasteiger partial charge in [0.1, 0.15) is 11.6 Å². The highest BCUT2D eigenvalue weighted by Gasteiger charge is 2.21. The lowest BCUT2D eigenvalue weighted by Gasteiger charge is -2.22. The Morgan fingerprint density at radius 1 is 1.12 bits per heavy atom. The SMILES string of the molecule is CC(C)(C)OC(=O)C(N)CCCCCCCN. The van der Waals surface area contributed by atoms with E-state index in [0.29, 0.717) is 6.42 Å². The number of carbonyl (C=O) groups excluding carboxylic acids is 1. The molecule has 0 spiro atoms. The maximum absolute atomic E-state index is 11.6. The van der Waals surface area contributed by atoms with E-state index in [-0.39, 0.29) is 5.97 Å². The number of ether oxygens (including phenoxy) is 1. The van der Waals surface area contributed by atoms with Crippen molar-refractivity contribution in [1.82, 2.24) is 0 Å². The summed E-state index contributed by atoms with van der Waals surface area (Å²) >= 11 is 0. The first-order valence-electron chi connectivity index (χ1n) is 6.55. The molecule has 0 saturated carbocycles. The van der Waals surface area contributed by atoms with Gasteiger partial charge in [-0.3, -0.25) is 4.79 Å². The Bertz CT molecular complexity index is 212. The Hall–Kier alpha value is -0.610. The third-order valence-electron chi connectivity index (χ3n) is 2.43. The van der Waals surface area contributed by atoms with Gasteiger partial charge in [0.05, 0.1) is 0 Å². The highest BCUT2D eigenvalue weighted by Crippen LogP contribution is 2.11. The number of hydrogen-bond acceptors (Lipinski definition) is 4. The first kappa shape index (κ1) is 16.4. The molecule has 4 heteroatoms. The van der Waals surface area contributed by atoms with Crippen molar-refractivity contribution >= 4 is 5.97 Å². The van der Waals surface area contributed by atoms with Gasteiger partial charge < -0.3 is 16.2 Å². The van der Waals surface area contributed by atoms with E-state index in [1.54, 1.807) is 0 Å². The summed E-state index contributed by atoms with van der Waals surface area (Å²) in [6.45, 7) is 6.32. The molecular weight excluding hydrogens is 216 g/mol. The number of unbranched alkanes of at least 4 members (excludes halogenated alkanes) is 4. The van der Waals surface area contributed by atoms with Crippen LogP contribution in [0, 0.1) is 0 Å². The van der Waals surface area contributed by atoms with Gasteiger partial charge in [0.15, 0.2) is 0 Å². The number of nitrogens with two attached hydrogens (primary N) is 2. The second kappa shape index (κ2) is 8.48. The fraction of sp³-hybridized carbons (Fsp3) is 0.923. The van der Waals surface area contributed by atoms with Crippen LogP contribution < -0.4 is 11.5 Å². The zero-order valence-electron chi connectivity index (χ0n) is 11.5. The van der Waals surface area contributed by atoms with Crippen LogP contribution in [0.25, 0.3) is 0 Å². The molecule has 0 fully saturated rings. The predicted molar refractivity (Wildman–Crippen MR) is 70.6 cm³/mol. The molecule has 0 saturated heterocycles. The van der Waals surface area contributed by atoms with Crippen molar-refractivity contribution in [2.75, 3.05) is 6.54 Å². The molecule has 0 aliphatic heterocycles. The molecular formula is C13H28N2O2. The molecule has 0 aromatic carbocycles. The van der Waals surface area contributed by atoms with Crippen LogP contribution in [0.2, 0.25) is 0 Å². The Balaban J connectivity index is 3.58. The molecule has 0 bridgehead atoms.